The normalized spacial score (nSPS) is 18.5. The summed E-state index contributed by atoms with van der Waals surface area (Å²) in [6, 6.07) is 23.8. The molecule has 0 unspecified atom stereocenters. The van der Waals surface area contributed by atoms with Crippen molar-refractivity contribution in [3.63, 3.8) is 0 Å². The number of thioether (sulfide) groups is 1. The smallest absolute Gasteiger partial charge is 0.240 e. The van der Waals surface area contributed by atoms with E-state index in [0.29, 0.717) is 24.0 Å². The Morgan fingerprint density at radius 2 is 1.86 bits per heavy atom. The zero-order valence-corrected chi connectivity index (χ0v) is 25.3. The van der Waals surface area contributed by atoms with Crippen molar-refractivity contribution in [2.45, 2.75) is 38.0 Å². The van der Waals surface area contributed by atoms with Gasteiger partial charge in [0, 0.05) is 29.3 Å². The van der Waals surface area contributed by atoms with Crippen LogP contribution in [-0.2, 0) is 14.3 Å². The zero-order valence-electron chi connectivity index (χ0n) is 23.7. The third kappa shape index (κ3) is 5.59. The zero-order chi connectivity index (χ0) is 29.2. The van der Waals surface area contributed by atoms with E-state index in [2.05, 4.69) is 25.2 Å². The molecule has 4 aromatic rings. The van der Waals surface area contributed by atoms with Crippen molar-refractivity contribution < 1.29 is 14.3 Å². The molecular weight excluding hydrogens is 568 g/mol. The van der Waals surface area contributed by atoms with Crippen LogP contribution in [-0.4, -0.2) is 53.1 Å². The summed E-state index contributed by atoms with van der Waals surface area (Å²) in [6.45, 7) is 5.13. The van der Waals surface area contributed by atoms with Gasteiger partial charge in [0.25, 0.3) is 0 Å². The van der Waals surface area contributed by atoms with E-state index in [0.717, 1.165) is 52.0 Å². The third-order valence-corrected chi connectivity index (χ3v) is 9.56. The first-order valence-corrected chi connectivity index (χ1v) is 15.6. The van der Waals surface area contributed by atoms with Crippen LogP contribution in [0.15, 0.2) is 72.8 Å². The van der Waals surface area contributed by atoms with Crippen LogP contribution < -0.4 is 10.2 Å². The summed E-state index contributed by atoms with van der Waals surface area (Å²) >= 11 is 8.30. The predicted molar refractivity (Wildman–Crippen MR) is 169 cm³/mol. The van der Waals surface area contributed by atoms with Crippen molar-refractivity contribution in [1.82, 2.24) is 15.1 Å². The first-order chi connectivity index (χ1) is 20.4. The Balaban J connectivity index is 1.55. The number of fused-ring (bicyclic) bond motifs is 1. The molecule has 0 aliphatic carbocycles. The predicted octanol–water partition coefficient (Wildman–Crippen LogP) is 6.27. The second kappa shape index (κ2) is 12.3. The standard InChI is InChI=1S/C33H33ClN4O3S/c1-21-10-8-16-27(22(21)2)38-33-30(31(36-38)23-11-4-3-5-12-23)32(25-14-6-7-15-26(25)34)42-20-29(40)37(33)19-28(39)35-18-24-13-9-17-41-24/h3-8,10-12,14-16,24,32H,9,13,17-20H2,1-2H3,(H,35,39)/t24-,32+/m1/s1. The highest BCUT2D eigenvalue weighted by Crippen LogP contribution is 2.50. The van der Waals surface area contributed by atoms with E-state index in [4.69, 9.17) is 21.4 Å². The number of rotatable bonds is 7. The molecule has 1 aromatic heterocycles. The SMILES string of the molecule is Cc1cccc(-n2nc(-c3ccccc3)c3c2N(CC(=O)NC[C@H]2CCCO2)C(=O)CS[C@H]3c2ccccc2Cl)c1C. The summed E-state index contributed by atoms with van der Waals surface area (Å²) in [5, 5.41) is 8.53. The number of nitrogens with zero attached hydrogens (tertiary/aromatic N) is 3. The molecule has 42 heavy (non-hydrogen) atoms. The van der Waals surface area contributed by atoms with Crippen LogP contribution in [0.5, 0.6) is 0 Å². The Morgan fingerprint density at radius 3 is 2.62 bits per heavy atom. The van der Waals surface area contributed by atoms with E-state index in [1.165, 1.54) is 11.8 Å². The molecule has 2 amide bonds. The van der Waals surface area contributed by atoms with Crippen molar-refractivity contribution in [3.8, 4) is 16.9 Å². The molecule has 0 saturated carbocycles. The number of ether oxygens (including phenoxy) is 1. The average molecular weight is 601 g/mol. The fraction of sp³-hybridized carbons (Fsp3) is 0.303. The molecule has 2 aliphatic rings. The lowest BCUT2D eigenvalue weighted by Crippen LogP contribution is -2.44. The number of anilines is 1. The van der Waals surface area contributed by atoms with Crippen LogP contribution in [0.1, 0.15) is 40.3 Å². The molecule has 1 N–H and O–H groups in total. The van der Waals surface area contributed by atoms with Crippen molar-refractivity contribution in [1.29, 1.82) is 0 Å². The van der Waals surface area contributed by atoms with Gasteiger partial charge in [-0.25, -0.2) is 4.68 Å². The molecular formula is C33H33ClN4O3S. The highest BCUT2D eigenvalue weighted by Gasteiger charge is 2.38. The molecule has 0 bridgehead atoms. The Labute approximate surface area is 255 Å². The van der Waals surface area contributed by atoms with E-state index in [9.17, 15) is 9.59 Å². The Bertz CT molecular complexity index is 1620. The second-order valence-corrected chi connectivity index (χ2v) is 12.2. The van der Waals surface area contributed by atoms with Gasteiger partial charge in [0.1, 0.15) is 12.4 Å². The lowest BCUT2D eigenvalue weighted by molar-refractivity contribution is -0.123. The molecule has 0 spiro atoms. The number of amides is 2. The Kier molecular flexibility index (Phi) is 8.38. The number of carbonyl (C=O) groups excluding carboxylic acids is 2. The van der Waals surface area contributed by atoms with E-state index in [1.54, 1.807) is 4.90 Å². The highest BCUT2D eigenvalue weighted by atomic mass is 35.5. The molecule has 6 rings (SSSR count). The minimum Gasteiger partial charge on any atom is -0.376 e. The van der Waals surface area contributed by atoms with Crippen molar-refractivity contribution in [2.75, 3.05) is 30.3 Å². The summed E-state index contributed by atoms with van der Waals surface area (Å²) in [7, 11) is 0. The van der Waals surface area contributed by atoms with Crippen LogP contribution in [0.25, 0.3) is 16.9 Å². The second-order valence-electron chi connectivity index (χ2n) is 10.7. The maximum atomic E-state index is 13.9. The minimum atomic E-state index is -0.285. The fourth-order valence-electron chi connectivity index (χ4n) is 5.63. The van der Waals surface area contributed by atoms with Crippen LogP contribution >= 0.6 is 23.4 Å². The molecule has 0 radical (unpaired) electrons. The Hall–Kier alpha value is -3.59. The number of benzene rings is 3. The highest BCUT2D eigenvalue weighted by molar-refractivity contribution is 8.00. The molecule has 2 atom stereocenters. The largest absolute Gasteiger partial charge is 0.376 e. The summed E-state index contributed by atoms with van der Waals surface area (Å²) in [4.78, 5) is 28.9. The topological polar surface area (TPSA) is 76.5 Å². The molecule has 1 saturated heterocycles. The minimum absolute atomic E-state index is 0.00894. The summed E-state index contributed by atoms with van der Waals surface area (Å²) in [6.07, 6.45) is 1.92. The van der Waals surface area contributed by atoms with Gasteiger partial charge in [0.2, 0.25) is 11.8 Å². The number of halogens is 1. The fourth-order valence-corrected chi connectivity index (χ4v) is 7.17. The van der Waals surface area contributed by atoms with Gasteiger partial charge in [-0.15, -0.1) is 11.8 Å². The Morgan fingerprint density at radius 1 is 1.07 bits per heavy atom. The van der Waals surface area contributed by atoms with Gasteiger partial charge in [-0.1, -0.05) is 72.3 Å². The van der Waals surface area contributed by atoms with Crippen molar-refractivity contribution in [2.24, 2.45) is 0 Å². The number of aromatic nitrogens is 2. The van der Waals surface area contributed by atoms with Crippen LogP contribution in [0.4, 0.5) is 5.82 Å². The number of carbonyl (C=O) groups is 2. The lowest BCUT2D eigenvalue weighted by atomic mass is 9.99. The maximum absolute atomic E-state index is 13.9. The molecule has 3 heterocycles. The van der Waals surface area contributed by atoms with Gasteiger partial charge in [0.05, 0.1) is 28.5 Å². The quantitative estimate of drug-likeness (QED) is 0.270. The monoisotopic (exact) mass is 600 g/mol. The van der Waals surface area contributed by atoms with E-state index in [1.807, 2.05) is 71.4 Å². The van der Waals surface area contributed by atoms with E-state index in [-0.39, 0.29) is 35.5 Å². The maximum Gasteiger partial charge on any atom is 0.240 e. The molecule has 3 aromatic carbocycles. The lowest BCUT2D eigenvalue weighted by Gasteiger charge is -2.24. The average Bonchev–Trinajstić information content (AvgIpc) is 3.63. The number of aryl methyl sites for hydroxylation is 1. The summed E-state index contributed by atoms with van der Waals surface area (Å²) < 4.78 is 7.54. The van der Waals surface area contributed by atoms with Crippen LogP contribution in [0, 0.1) is 13.8 Å². The summed E-state index contributed by atoms with van der Waals surface area (Å²) in [5.41, 5.74) is 6.45. The van der Waals surface area contributed by atoms with Crippen LogP contribution in [0.3, 0.4) is 0 Å². The van der Waals surface area contributed by atoms with Crippen molar-refractivity contribution >= 4 is 41.0 Å². The number of hydrogen-bond donors (Lipinski definition) is 1. The molecule has 9 heteroatoms. The number of nitrogens with one attached hydrogen (secondary N) is 1. The summed E-state index contributed by atoms with van der Waals surface area (Å²) in [5.74, 6) is 0.384. The molecule has 216 valence electrons. The van der Waals surface area contributed by atoms with E-state index >= 15 is 0 Å². The van der Waals surface area contributed by atoms with Gasteiger partial charge < -0.3 is 10.1 Å². The van der Waals surface area contributed by atoms with Gasteiger partial charge in [-0.2, -0.15) is 5.10 Å². The number of hydrogen-bond acceptors (Lipinski definition) is 5. The van der Waals surface area contributed by atoms with Gasteiger partial charge in [-0.3, -0.25) is 14.5 Å². The van der Waals surface area contributed by atoms with Gasteiger partial charge >= 0.3 is 0 Å². The third-order valence-electron chi connectivity index (χ3n) is 7.98. The molecule has 1 fully saturated rings. The van der Waals surface area contributed by atoms with Crippen LogP contribution in [0.2, 0.25) is 5.02 Å². The molecule has 2 aliphatic heterocycles. The van der Waals surface area contributed by atoms with Gasteiger partial charge in [0.15, 0.2) is 0 Å². The van der Waals surface area contributed by atoms with E-state index < -0.39 is 0 Å². The van der Waals surface area contributed by atoms with Crippen molar-refractivity contribution in [3.05, 3.63) is 100 Å². The first kappa shape index (κ1) is 28.5. The first-order valence-electron chi connectivity index (χ1n) is 14.2. The molecule has 7 nitrogen and oxygen atoms in total. The van der Waals surface area contributed by atoms with Gasteiger partial charge in [-0.05, 0) is 55.5 Å².